The van der Waals surface area contributed by atoms with Gasteiger partial charge in [-0.3, -0.25) is 4.99 Å². The second kappa shape index (κ2) is 8.39. The molecule has 0 heterocycles. The van der Waals surface area contributed by atoms with Crippen molar-refractivity contribution >= 4 is 5.96 Å². The largest absolute Gasteiger partial charge is 0.370 e. The number of hydrogen-bond acceptors (Lipinski definition) is 1. The number of guanidine groups is 1. The van der Waals surface area contributed by atoms with Gasteiger partial charge in [0.15, 0.2) is 5.96 Å². The Morgan fingerprint density at radius 1 is 1.17 bits per heavy atom. The van der Waals surface area contributed by atoms with Gasteiger partial charge in [-0.15, -0.1) is 0 Å². The van der Waals surface area contributed by atoms with Crippen LogP contribution in [0.4, 0.5) is 0 Å². The van der Waals surface area contributed by atoms with Crippen LogP contribution in [0.15, 0.2) is 4.99 Å². The lowest BCUT2D eigenvalue weighted by Crippen LogP contribution is -2.39. The molecule has 1 unspecified atom stereocenters. The molecule has 1 rings (SSSR count). The zero-order valence-electron chi connectivity index (χ0n) is 12.4. The topological polar surface area (TPSA) is 50.4 Å². The van der Waals surface area contributed by atoms with Crippen LogP contribution in [-0.2, 0) is 0 Å². The SMILES string of the molecule is CC(C)CCCC(C)NC(N)=NC1CCCCC1. The maximum Gasteiger partial charge on any atom is 0.189 e. The maximum absolute atomic E-state index is 5.98. The monoisotopic (exact) mass is 253 g/mol. The number of nitrogens with two attached hydrogens (primary N) is 1. The van der Waals surface area contributed by atoms with Gasteiger partial charge in [0.2, 0.25) is 0 Å². The first-order valence-corrected chi connectivity index (χ1v) is 7.67. The van der Waals surface area contributed by atoms with Crippen molar-refractivity contribution in [2.45, 2.75) is 84.2 Å². The Labute approximate surface area is 113 Å². The average Bonchev–Trinajstić information content (AvgIpc) is 2.29. The highest BCUT2D eigenvalue weighted by Crippen LogP contribution is 2.20. The van der Waals surface area contributed by atoms with Crippen molar-refractivity contribution < 1.29 is 0 Å². The van der Waals surface area contributed by atoms with Gasteiger partial charge in [-0.1, -0.05) is 46.0 Å². The average molecular weight is 253 g/mol. The standard InChI is InChI=1S/C15H31N3/c1-12(2)8-7-9-13(3)17-15(16)18-14-10-5-4-6-11-14/h12-14H,4-11H2,1-3H3,(H3,16,17,18). The quantitative estimate of drug-likeness (QED) is 0.563. The van der Waals surface area contributed by atoms with Crippen LogP contribution in [-0.4, -0.2) is 18.0 Å². The minimum absolute atomic E-state index is 0.441. The van der Waals surface area contributed by atoms with Crippen LogP contribution in [0, 0.1) is 5.92 Å². The van der Waals surface area contributed by atoms with Gasteiger partial charge in [-0.05, 0) is 32.1 Å². The van der Waals surface area contributed by atoms with Crippen LogP contribution in [0.3, 0.4) is 0 Å². The van der Waals surface area contributed by atoms with E-state index in [1.807, 2.05) is 0 Å². The van der Waals surface area contributed by atoms with Gasteiger partial charge in [0.25, 0.3) is 0 Å². The fourth-order valence-corrected chi connectivity index (χ4v) is 2.60. The summed E-state index contributed by atoms with van der Waals surface area (Å²) in [7, 11) is 0. The highest BCUT2D eigenvalue weighted by Gasteiger charge is 2.12. The van der Waals surface area contributed by atoms with Gasteiger partial charge in [-0.2, -0.15) is 0 Å². The molecule has 1 saturated carbocycles. The highest BCUT2D eigenvalue weighted by molar-refractivity contribution is 5.78. The predicted octanol–water partition coefficient (Wildman–Crippen LogP) is 3.44. The van der Waals surface area contributed by atoms with E-state index < -0.39 is 0 Å². The lowest BCUT2D eigenvalue weighted by atomic mass is 9.96. The normalized spacial score (nSPS) is 20.1. The van der Waals surface area contributed by atoms with E-state index in [-0.39, 0.29) is 0 Å². The summed E-state index contributed by atoms with van der Waals surface area (Å²) in [5.41, 5.74) is 5.98. The minimum Gasteiger partial charge on any atom is -0.370 e. The molecule has 3 N–H and O–H groups in total. The third-order valence-electron chi connectivity index (χ3n) is 3.71. The minimum atomic E-state index is 0.441. The van der Waals surface area contributed by atoms with Crippen molar-refractivity contribution in [3.05, 3.63) is 0 Å². The first kappa shape index (κ1) is 15.3. The molecule has 106 valence electrons. The number of nitrogens with one attached hydrogen (secondary N) is 1. The Balaban J connectivity index is 2.20. The summed E-state index contributed by atoms with van der Waals surface area (Å²) in [6.45, 7) is 6.75. The first-order chi connectivity index (χ1) is 8.58. The predicted molar refractivity (Wildman–Crippen MR) is 79.8 cm³/mol. The van der Waals surface area contributed by atoms with E-state index in [0.29, 0.717) is 18.0 Å². The zero-order valence-corrected chi connectivity index (χ0v) is 12.4. The van der Waals surface area contributed by atoms with E-state index >= 15 is 0 Å². The summed E-state index contributed by atoms with van der Waals surface area (Å²) in [4.78, 5) is 4.60. The van der Waals surface area contributed by atoms with E-state index in [2.05, 4.69) is 31.1 Å². The molecular formula is C15H31N3. The van der Waals surface area contributed by atoms with Crippen molar-refractivity contribution in [3.8, 4) is 0 Å². The molecule has 0 saturated heterocycles. The molecule has 0 radical (unpaired) electrons. The molecular weight excluding hydrogens is 222 g/mol. The van der Waals surface area contributed by atoms with E-state index in [1.165, 1.54) is 51.4 Å². The molecule has 18 heavy (non-hydrogen) atoms. The van der Waals surface area contributed by atoms with Crippen molar-refractivity contribution in [2.75, 3.05) is 0 Å². The van der Waals surface area contributed by atoms with Crippen LogP contribution in [0.2, 0.25) is 0 Å². The molecule has 0 aromatic carbocycles. The molecule has 1 fully saturated rings. The van der Waals surface area contributed by atoms with Gasteiger partial charge in [0, 0.05) is 6.04 Å². The van der Waals surface area contributed by atoms with Gasteiger partial charge in [0.1, 0.15) is 0 Å². The molecule has 0 spiro atoms. The third kappa shape index (κ3) is 6.87. The van der Waals surface area contributed by atoms with E-state index in [9.17, 15) is 0 Å². The zero-order chi connectivity index (χ0) is 13.4. The molecule has 0 aromatic rings. The summed E-state index contributed by atoms with van der Waals surface area (Å²) in [5.74, 6) is 1.45. The van der Waals surface area contributed by atoms with Crippen LogP contribution >= 0.6 is 0 Å². The molecule has 1 aliphatic carbocycles. The Hall–Kier alpha value is -0.730. The van der Waals surface area contributed by atoms with Gasteiger partial charge < -0.3 is 11.1 Å². The summed E-state index contributed by atoms with van der Waals surface area (Å²) in [6.07, 6.45) is 10.2. The lowest BCUT2D eigenvalue weighted by molar-refractivity contribution is 0.440. The second-order valence-corrected chi connectivity index (χ2v) is 6.18. The Bertz CT molecular complexity index is 242. The first-order valence-electron chi connectivity index (χ1n) is 7.67. The highest BCUT2D eigenvalue weighted by atomic mass is 15.1. The number of rotatable bonds is 6. The van der Waals surface area contributed by atoms with Crippen LogP contribution < -0.4 is 11.1 Å². The Morgan fingerprint density at radius 2 is 1.83 bits per heavy atom. The maximum atomic E-state index is 5.98. The van der Waals surface area contributed by atoms with Crippen LogP contribution in [0.1, 0.15) is 72.1 Å². The van der Waals surface area contributed by atoms with E-state index in [4.69, 9.17) is 5.73 Å². The molecule has 0 bridgehead atoms. The van der Waals surface area contributed by atoms with Crippen molar-refractivity contribution in [1.82, 2.24) is 5.32 Å². The lowest BCUT2D eigenvalue weighted by Gasteiger charge is -2.20. The molecule has 1 atom stereocenters. The van der Waals surface area contributed by atoms with E-state index in [1.54, 1.807) is 0 Å². The van der Waals surface area contributed by atoms with Crippen LogP contribution in [0.25, 0.3) is 0 Å². The van der Waals surface area contributed by atoms with Crippen molar-refractivity contribution in [1.29, 1.82) is 0 Å². The molecule has 0 aromatic heterocycles. The molecule has 3 nitrogen and oxygen atoms in total. The third-order valence-corrected chi connectivity index (χ3v) is 3.71. The second-order valence-electron chi connectivity index (χ2n) is 6.18. The van der Waals surface area contributed by atoms with E-state index in [0.717, 1.165) is 5.92 Å². The fraction of sp³-hybridized carbons (Fsp3) is 0.933. The van der Waals surface area contributed by atoms with Crippen LogP contribution in [0.5, 0.6) is 0 Å². The fourth-order valence-electron chi connectivity index (χ4n) is 2.60. The number of nitrogens with zero attached hydrogens (tertiary/aromatic N) is 1. The van der Waals surface area contributed by atoms with Crippen molar-refractivity contribution in [2.24, 2.45) is 16.6 Å². The molecule has 1 aliphatic rings. The summed E-state index contributed by atoms with van der Waals surface area (Å²) in [5, 5.41) is 3.33. The summed E-state index contributed by atoms with van der Waals surface area (Å²) in [6, 6.07) is 0.908. The van der Waals surface area contributed by atoms with Gasteiger partial charge >= 0.3 is 0 Å². The Morgan fingerprint density at radius 3 is 2.44 bits per heavy atom. The number of hydrogen-bond donors (Lipinski definition) is 2. The summed E-state index contributed by atoms with van der Waals surface area (Å²) >= 11 is 0. The Kier molecular flexibility index (Phi) is 7.14. The van der Waals surface area contributed by atoms with Gasteiger partial charge in [-0.25, -0.2) is 0 Å². The molecule has 0 aliphatic heterocycles. The molecule has 3 heteroatoms. The molecule has 0 amide bonds. The van der Waals surface area contributed by atoms with Crippen molar-refractivity contribution in [3.63, 3.8) is 0 Å². The number of aliphatic imine (C=N–C) groups is 1. The smallest absolute Gasteiger partial charge is 0.189 e. The summed E-state index contributed by atoms with van der Waals surface area (Å²) < 4.78 is 0. The van der Waals surface area contributed by atoms with Gasteiger partial charge in [0.05, 0.1) is 6.04 Å².